The zero-order valence-electron chi connectivity index (χ0n) is 11.3. The Balaban J connectivity index is 1.95. The molecule has 1 unspecified atom stereocenters. The minimum atomic E-state index is -0.812. The maximum Gasteiger partial charge on any atom is 0.135 e. The number of methoxy groups -OCH3 is 1. The molecule has 1 aromatic heterocycles. The third-order valence-electron chi connectivity index (χ3n) is 3.15. The van der Waals surface area contributed by atoms with Crippen LogP contribution in [-0.4, -0.2) is 40.9 Å². The first-order valence-electron chi connectivity index (χ1n) is 6.50. The molecule has 1 heterocycles. The van der Waals surface area contributed by atoms with Crippen LogP contribution in [0.25, 0.3) is 0 Å². The van der Waals surface area contributed by atoms with Crippen molar-refractivity contribution in [1.82, 2.24) is 9.97 Å². The van der Waals surface area contributed by atoms with E-state index in [1.54, 1.807) is 14.0 Å². The molecule has 0 spiro atoms. The zero-order chi connectivity index (χ0) is 13.9. The van der Waals surface area contributed by atoms with Gasteiger partial charge in [-0.05, 0) is 35.7 Å². The SMILES string of the molecule is COCCC(C)(O)CNc1cc(Br)nc(C2CC2)n1. The average molecular weight is 330 g/mol. The minimum absolute atomic E-state index is 0.434. The van der Waals surface area contributed by atoms with Gasteiger partial charge in [-0.15, -0.1) is 0 Å². The van der Waals surface area contributed by atoms with E-state index in [0.29, 0.717) is 25.5 Å². The Hall–Kier alpha value is -0.720. The lowest BCUT2D eigenvalue weighted by molar-refractivity contribution is 0.0357. The van der Waals surface area contributed by atoms with Crippen LogP contribution in [0.5, 0.6) is 0 Å². The second-order valence-electron chi connectivity index (χ2n) is 5.30. The van der Waals surface area contributed by atoms with Gasteiger partial charge in [0.15, 0.2) is 0 Å². The monoisotopic (exact) mass is 329 g/mol. The maximum absolute atomic E-state index is 10.2. The molecule has 1 aliphatic carbocycles. The molecule has 5 nitrogen and oxygen atoms in total. The first-order chi connectivity index (χ1) is 9.00. The van der Waals surface area contributed by atoms with Crippen molar-refractivity contribution < 1.29 is 9.84 Å². The largest absolute Gasteiger partial charge is 0.388 e. The summed E-state index contributed by atoms with van der Waals surface area (Å²) in [7, 11) is 1.63. The standard InChI is InChI=1S/C13H20BrN3O2/c1-13(18,5-6-19-2)8-15-11-7-10(14)16-12(17-11)9-3-4-9/h7,9,18H,3-6,8H2,1-2H3,(H,15,16,17). The van der Waals surface area contributed by atoms with E-state index in [4.69, 9.17) is 4.74 Å². The van der Waals surface area contributed by atoms with E-state index in [1.165, 1.54) is 12.8 Å². The van der Waals surface area contributed by atoms with Crippen LogP contribution in [0.4, 0.5) is 5.82 Å². The molecule has 0 aromatic carbocycles. The summed E-state index contributed by atoms with van der Waals surface area (Å²) in [6.07, 6.45) is 2.92. The van der Waals surface area contributed by atoms with Crippen LogP contribution in [0.3, 0.4) is 0 Å². The van der Waals surface area contributed by atoms with Crippen LogP contribution < -0.4 is 5.32 Å². The highest BCUT2D eigenvalue weighted by atomic mass is 79.9. The zero-order valence-corrected chi connectivity index (χ0v) is 12.9. The lowest BCUT2D eigenvalue weighted by Crippen LogP contribution is -2.34. The number of anilines is 1. The summed E-state index contributed by atoms with van der Waals surface area (Å²) in [6, 6.07) is 1.83. The first kappa shape index (κ1) is 14.7. The van der Waals surface area contributed by atoms with Crippen molar-refractivity contribution in [2.24, 2.45) is 0 Å². The van der Waals surface area contributed by atoms with E-state index in [9.17, 15) is 5.11 Å². The van der Waals surface area contributed by atoms with Gasteiger partial charge in [0.2, 0.25) is 0 Å². The quantitative estimate of drug-likeness (QED) is 0.751. The topological polar surface area (TPSA) is 67.3 Å². The molecule has 1 fully saturated rings. The van der Waals surface area contributed by atoms with Gasteiger partial charge in [-0.1, -0.05) is 0 Å². The highest BCUT2D eigenvalue weighted by Gasteiger charge is 2.27. The van der Waals surface area contributed by atoms with E-state index in [-0.39, 0.29) is 0 Å². The molecular weight excluding hydrogens is 310 g/mol. The second-order valence-corrected chi connectivity index (χ2v) is 6.11. The number of aromatic nitrogens is 2. The summed E-state index contributed by atoms with van der Waals surface area (Å²) in [6.45, 7) is 2.76. The number of nitrogens with one attached hydrogen (secondary N) is 1. The van der Waals surface area contributed by atoms with Gasteiger partial charge in [0, 0.05) is 38.7 Å². The maximum atomic E-state index is 10.2. The van der Waals surface area contributed by atoms with Gasteiger partial charge in [0.1, 0.15) is 16.2 Å². The molecule has 19 heavy (non-hydrogen) atoms. The summed E-state index contributed by atoms with van der Waals surface area (Å²) in [5, 5.41) is 13.3. The molecule has 1 atom stereocenters. The lowest BCUT2D eigenvalue weighted by Gasteiger charge is -2.23. The molecule has 0 saturated heterocycles. The fraction of sp³-hybridized carbons (Fsp3) is 0.692. The van der Waals surface area contributed by atoms with Crippen LogP contribution in [0, 0.1) is 0 Å². The fourth-order valence-corrected chi connectivity index (χ4v) is 2.14. The van der Waals surface area contributed by atoms with Gasteiger partial charge in [0.05, 0.1) is 5.60 Å². The van der Waals surface area contributed by atoms with E-state index < -0.39 is 5.60 Å². The molecule has 0 aliphatic heterocycles. The van der Waals surface area contributed by atoms with Gasteiger partial charge >= 0.3 is 0 Å². The lowest BCUT2D eigenvalue weighted by atomic mass is 10.0. The minimum Gasteiger partial charge on any atom is -0.388 e. The van der Waals surface area contributed by atoms with Crippen LogP contribution in [0.1, 0.15) is 37.9 Å². The van der Waals surface area contributed by atoms with Crippen LogP contribution in [0.2, 0.25) is 0 Å². The summed E-state index contributed by atoms with van der Waals surface area (Å²) < 4.78 is 5.77. The third kappa shape index (κ3) is 4.71. The Bertz CT molecular complexity index is 436. The Morgan fingerprint density at radius 3 is 2.89 bits per heavy atom. The highest BCUT2D eigenvalue weighted by Crippen LogP contribution is 2.38. The van der Waals surface area contributed by atoms with Crippen molar-refractivity contribution in [3.63, 3.8) is 0 Å². The predicted octanol–water partition coefficient (Wildman–Crippen LogP) is 2.32. The summed E-state index contributed by atoms with van der Waals surface area (Å²) in [5.41, 5.74) is -0.812. The second kappa shape index (κ2) is 6.15. The highest BCUT2D eigenvalue weighted by molar-refractivity contribution is 9.10. The Kier molecular flexibility index (Phi) is 4.76. The van der Waals surface area contributed by atoms with Crippen LogP contribution in [0.15, 0.2) is 10.7 Å². The van der Waals surface area contributed by atoms with Gasteiger partial charge in [-0.2, -0.15) is 0 Å². The normalized spacial score (nSPS) is 18.1. The molecule has 0 amide bonds. The number of rotatable bonds is 7. The van der Waals surface area contributed by atoms with Gasteiger partial charge in [-0.25, -0.2) is 9.97 Å². The molecule has 0 radical (unpaired) electrons. The number of hydrogen-bond acceptors (Lipinski definition) is 5. The Morgan fingerprint density at radius 2 is 2.26 bits per heavy atom. The van der Waals surface area contributed by atoms with Gasteiger partial charge in [0.25, 0.3) is 0 Å². The molecule has 2 N–H and O–H groups in total. The molecule has 1 aliphatic rings. The number of halogens is 1. The van der Waals surface area contributed by atoms with Crippen molar-refractivity contribution in [1.29, 1.82) is 0 Å². The third-order valence-corrected chi connectivity index (χ3v) is 3.56. The summed E-state index contributed by atoms with van der Waals surface area (Å²) in [5.74, 6) is 2.14. The Labute approximate surface area is 121 Å². The van der Waals surface area contributed by atoms with E-state index >= 15 is 0 Å². The first-order valence-corrected chi connectivity index (χ1v) is 7.29. The average Bonchev–Trinajstić information content (AvgIpc) is 3.18. The number of nitrogens with zero attached hydrogens (tertiary/aromatic N) is 2. The van der Waals surface area contributed by atoms with Crippen molar-refractivity contribution in [3.05, 3.63) is 16.5 Å². The van der Waals surface area contributed by atoms with Crippen molar-refractivity contribution in [2.75, 3.05) is 25.6 Å². The van der Waals surface area contributed by atoms with Crippen LogP contribution in [-0.2, 0) is 4.74 Å². The van der Waals surface area contributed by atoms with Crippen molar-refractivity contribution in [2.45, 2.75) is 37.7 Å². The molecule has 1 aromatic rings. The predicted molar refractivity (Wildman–Crippen MR) is 77.3 cm³/mol. The van der Waals surface area contributed by atoms with Gasteiger partial charge in [-0.3, -0.25) is 0 Å². The summed E-state index contributed by atoms with van der Waals surface area (Å²) >= 11 is 3.40. The van der Waals surface area contributed by atoms with E-state index in [1.807, 2.05) is 6.07 Å². The van der Waals surface area contributed by atoms with E-state index in [2.05, 4.69) is 31.2 Å². The van der Waals surface area contributed by atoms with Crippen LogP contribution >= 0.6 is 15.9 Å². The van der Waals surface area contributed by atoms with E-state index in [0.717, 1.165) is 16.2 Å². The molecule has 1 saturated carbocycles. The molecular formula is C13H20BrN3O2. The number of hydrogen-bond donors (Lipinski definition) is 2. The van der Waals surface area contributed by atoms with Crippen molar-refractivity contribution >= 4 is 21.7 Å². The van der Waals surface area contributed by atoms with Gasteiger partial charge < -0.3 is 15.2 Å². The molecule has 2 rings (SSSR count). The molecule has 6 heteroatoms. The fourth-order valence-electron chi connectivity index (χ4n) is 1.74. The van der Waals surface area contributed by atoms with Crippen molar-refractivity contribution in [3.8, 4) is 0 Å². The summed E-state index contributed by atoms with van der Waals surface area (Å²) in [4.78, 5) is 8.86. The smallest absolute Gasteiger partial charge is 0.135 e. The number of ether oxygens (including phenoxy) is 1. The Morgan fingerprint density at radius 1 is 1.53 bits per heavy atom. The molecule has 106 valence electrons. The molecule has 0 bridgehead atoms. The number of aliphatic hydroxyl groups is 1.